The van der Waals surface area contributed by atoms with Gasteiger partial charge in [-0.1, -0.05) is 77.5 Å². The number of aromatic nitrogens is 2. The summed E-state index contributed by atoms with van der Waals surface area (Å²) in [6.07, 6.45) is 17.8. The van der Waals surface area contributed by atoms with Crippen LogP contribution in [0.25, 0.3) is 34.0 Å². The molecule has 0 fully saturated rings. The second-order valence-electron chi connectivity index (χ2n) is 19.6. The van der Waals surface area contributed by atoms with Crippen molar-refractivity contribution in [2.75, 3.05) is 82.8 Å². The average Bonchev–Trinajstić information content (AvgIpc) is 3.87. The third kappa shape index (κ3) is 16.7. The number of anilines is 2. The fraction of sp³-hybridized carbons (Fsp3) is 0.400. The van der Waals surface area contributed by atoms with Gasteiger partial charge in [0.2, 0.25) is 22.8 Å². The molecule has 2 aliphatic rings. The molecule has 4 aromatic carbocycles. The zero-order chi connectivity index (χ0) is 52.2. The number of carbonyl (C=O) groups excluding carboxylic acids is 1. The number of unbranched alkanes of at least 4 members (excludes halogenated alkanes) is 4. The summed E-state index contributed by atoms with van der Waals surface area (Å²) in [6.45, 7) is 7.60. The molecule has 0 radical (unpaired) electrons. The van der Waals surface area contributed by atoms with Crippen molar-refractivity contribution in [1.29, 1.82) is 0 Å². The predicted molar refractivity (Wildman–Crippen MR) is 305 cm³/mol. The first-order valence-electron chi connectivity index (χ1n) is 26.0. The number of carboxylic acid groups (broad SMARTS) is 1. The van der Waals surface area contributed by atoms with E-state index in [9.17, 15) is 9.59 Å². The number of benzene rings is 4. The topological polar surface area (TPSA) is 99.5 Å². The smallest absolute Gasteiger partial charge is 0.305 e. The van der Waals surface area contributed by atoms with Crippen molar-refractivity contribution in [3.8, 4) is 11.5 Å². The zero-order valence-corrected chi connectivity index (χ0v) is 46.4. The van der Waals surface area contributed by atoms with Gasteiger partial charge < -0.3 is 38.5 Å². The number of halogens is 1. The molecule has 1 N–H and O–H groups in total. The Morgan fingerprint density at radius 1 is 0.644 bits per heavy atom. The van der Waals surface area contributed by atoms with E-state index in [2.05, 4.69) is 172 Å². The molecular formula is C60H78IN6O6+3. The number of pyridine rings is 2. The number of carboxylic acids is 1. The Morgan fingerprint density at radius 3 is 1.63 bits per heavy atom. The number of hydrogen-bond acceptors (Lipinski definition) is 8. The van der Waals surface area contributed by atoms with Gasteiger partial charge in [-0.05, 0) is 107 Å². The molecule has 6 aromatic rings. The lowest BCUT2D eigenvalue weighted by atomic mass is 10.1. The Balaban J connectivity index is 0.000000199. The highest BCUT2D eigenvalue weighted by Crippen LogP contribution is 2.39. The van der Waals surface area contributed by atoms with Gasteiger partial charge in [-0.3, -0.25) is 9.59 Å². The normalized spacial score (nSPS) is 13.8. The number of aliphatic carboxylic acids is 1. The number of fused-ring (bicyclic) bond motifs is 4. The zero-order valence-electron chi connectivity index (χ0n) is 44.3. The first-order chi connectivity index (χ1) is 35.3. The van der Waals surface area contributed by atoms with Gasteiger partial charge in [0.25, 0.3) is 0 Å². The molecule has 0 unspecified atom stereocenters. The number of ether oxygens (including phenoxy) is 3. The standard InChI is InChI=1S/C29H36N3O3.C21H20IN2O.C10H21NO2/c1-30-26-14-8-9-15-27(26)35-28(30)22-23-17-19-31(25-13-7-6-12-24(23)25)18-11-21-32(2,3)20-10-4-5-16-29(33)34;1-23-19-9-4-5-10-20(19)25-21(23)15-16-11-14-24(13-6-12-22)18-8-3-2-7-17(16)18;1-4-13-10(12)8-6-5-7-9-11(2)3/h6-9,12-15,17,19,22H,4-5,10-11,16,18,20-21H2,1-3H3;2-5,7-11,14-15H,6,12-13H2,1H3;4-9H2,1-3H3/q2*+1;/p+1. The number of alkyl halides is 1. The summed E-state index contributed by atoms with van der Waals surface area (Å²) in [7, 11) is 12.7. The van der Waals surface area contributed by atoms with Gasteiger partial charge in [-0.15, -0.1) is 0 Å². The highest BCUT2D eigenvalue weighted by molar-refractivity contribution is 14.1. The average molecular weight is 1110 g/mol. The summed E-state index contributed by atoms with van der Waals surface area (Å²) in [4.78, 5) is 27.9. The van der Waals surface area contributed by atoms with Crippen molar-refractivity contribution in [1.82, 2.24) is 4.90 Å². The SMILES string of the molecule is CCOC(=O)CCCCCN(C)C.CN1/C(=C/c2cc[n+](CCCI)c3ccccc23)Oc2ccccc21.CN1/C(=C/c2cc[n+](CCC[N+](C)(C)CCCCCC(=O)O)c3ccccc23)Oc2ccccc21. The number of para-hydroxylation sites is 6. The molecule has 0 atom stereocenters. The number of carbonyl (C=O) groups is 2. The van der Waals surface area contributed by atoms with Crippen molar-refractivity contribution in [3.63, 3.8) is 0 Å². The van der Waals surface area contributed by atoms with Crippen LogP contribution in [0.15, 0.2) is 133 Å². The van der Waals surface area contributed by atoms with Crippen molar-refractivity contribution in [3.05, 3.63) is 144 Å². The largest absolute Gasteiger partial charge is 0.481 e. The van der Waals surface area contributed by atoms with Crippen LogP contribution in [0.3, 0.4) is 0 Å². The van der Waals surface area contributed by atoms with E-state index in [0.29, 0.717) is 13.0 Å². The monoisotopic (exact) mass is 1110 g/mol. The van der Waals surface area contributed by atoms with E-state index in [1.54, 1.807) is 0 Å². The number of aryl methyl sites for hydroxylation is 2. The van der Waals surface area contributed by atoms with Gasteiger partial charge in [-0.2, -0.15) is 9.13 Å². The van der Waals surface area contributed by atoms with Gasteiger partial charge in [0, 0.05) is 74.2 Å². The summed E-state index contributed by atoms with van der Waals surface area (Å²) in [5.41, 5.74) is 6.99. The summed E-state index contributed by atoms with van der Waals surface area (Å²) in [6, 6.07) is 37.7. The van der Waals surface area contributed by atoms with Crippen molar-refractivity contribution in [2.45, 2.75) is 84.2 Å². The third-order valence-corrected chi connectivity index (χ3v) is 13.9. The highest BCUT2D eigenvalue weighted by atomic mass is 127. The molecule has 388 valence electrons. The molecule has 2 aromatic heterocycles. The van der Waals surface area contributed by atoms with Crippen LogP contribution in [-0.4, -0.2) is 99.4 Å². The van der Waals surface area contributed by atoms with E-state index < -0.39 is 5.97 Å². The quantitative estimate of drug-likeness (QED) is 0.0178. The van der Waals surface area contributed by atoms with Gasteiger partial charge in [0.1, 0.15) is 6.54 Å². The van der Waals surface area contributed by atoms with E-state index in [4.69, 9.17) is 19.3 Å². The predicted octanol–water partition coefficient (Wildman–Crippen LogP) is 11.5. The number of hydrogen-bond donors (Lipinski definition) is 1. The first-order valence-corrected chi connectivity index (χ1v) is 27.5. The van der Waals surface area contributed by atoms with Crippen LogP contribution in [0.2, 0.25) is 0 Å². The molecule has 8 rings (SSSR count). The number of esters is 1. The summed E-state index contributed by atoms with van der Waals surface area (Å²) in [5, 5.41) is 11.3. The van der Waals surface area contributed by atoms with Gasteiger partial charge in [-0.25, -0.2) is 0 Å². The second kappa shape index (κ2) is 28.4. The Morgan fingerprint density at radius 2 is 1.12 bits per heavy atom. The van der Waals surface area contributed by atoms with E-state index in [-0.39, 0.29) is 12.4 Å². The Bertz CT molecular complexity index is 2810. The first kappa shape index (κ1) is 56.3. The minimum atomic E-state index is -0.696. The summed E-state index contributed by atoms with van der Waals surface area (Å²) >= 11 is 2.44. The van der Waals surface area contributed by atoms with Crippen LogP contribution in [0.1, 0.15) is 82.3 Å². The fourth-order valence-corrected chi connectivity index (χ4v) is 9.47. The highest BCUT2D eigenvalue weighted by Gasteiger charge is 2.25. The molecule has 13 heteroatoms. The Kier molecular flexibility index (Phi) is 21.9. The fourth-order valence-electron chi connectivity index (χ4n) is 9.13. The lowest BCUT2D eigenvalue weighted by Gasteiger charge is -2.29. The van der Waals surface area contributed by atoms with Gasteiger partial charge >= 0.3 is 11.9 Å². The Hall–Kier alpha value is -6.03. The van der Waals surface area contributed by atoms with Crippen molar-refractivity contribution >= 4 is 79.9 Å². The lowest BCUT2D eigenvalue weighted by molar-refractivity contribution is -0.892. The number of quaternary nitrogens is 1. The summed E-state index contributed by atoms with van der Waals surface area (Å²) in [5.74, 6) is 2.73. The maximum Gasteiger partial charge on any atom is 0.305 e. The molecule has 0 amide bonds. The van der Waals surface area contributed by atoms with Crippen LogP contribution in [0.4, 0.5) is 11.4 Å². The van der Waals surface area contributed by atoms with Gasteiger partial charge in [0.15, 0.2) is 30.4 Å². The lowest BCUT2D eigenvalue weighted by Crippen LogP contribution is -2.44. The van der Waals surface area contributed by atoms with Crippen LogP contribution >= 0.6 is 22.6 Å². The van der Waals surface area contributed by atoms with Crippen LogP contribution < -0.4 is 28.4 Å². The number of nitrogens with zero attached hydrogens (tertiary/aromatic N) is 6. The molecule has 0 saturated heterocycles. The second-order valence-corrected chi connectivity index (χ2v) is 20.7. The molecule has 12 nitrogen and oxygen atoms in total. The van der Waals surface area contributed by atoms with Crippen LogP contribution in [-0.2, 0) is 27.4 Å². The molecule has 0 saturated carbocycles. The molecule has 0 aliphatic carbocycles. The molecule has 2 aliphatic heterocycles. The summed E-state index contributed by atoms with van der Waals surface area (Å²) < 4.78 is 23.8. The van der Waals surface area contributed by atoms with Crippen LogP contribution in [0.5, 0.6) is 11.5 Å². The van der Waals surface area contributed by atoms with Crippen LogP contribution in [0, 0.1) is 0 Å². The van der Waals surface area contributed by atoms with E-state index >= 15 is 0 Å². The molecule has 0 bridgehead atoms. The molecule has 4 heterocycles. The molecule has 73 heavy (non-hydrogen) atoms. The maximum atomic E-state index is 10.9. The van der Waals surface area contributed by atoms with Crippen molar-refractivity contribution in [2.24, 2.45) is 0 Å². The minimum absolute atomic E-state index is 0.0626. The van der Waals surface area contributed by atoms with Gasteiger partial charge in [0.05, 0.1) is 62.4 Å². The molecule has 0 spiro atoms. The third-order valence-electron chi connectivity index (χ3n) is 13.2. The van der Waals surface area contributed by atoms with Crippen molar-refractivity contribution < 1.29 is 42.5 Å². The van der Waals surface area contributed by atoms with E-state index in [0.717, 1.165) is 122 Å². The van der Waals surface area contributed by atoms with E-state index in [1.807, 2.05) is 57.4 Å². The minimum Gasteiger partial charge on any atom is -0.481 e. The van der Waals surface area contributed by atoms with E-state index in [1.165, 1.54) is 38.2 Å². The Labute approximate surface area is 447 Å². The maximum absolute atomic E-state index is 10.9. The number of rotatable bonds is 22. The molecular weight excluding hydrogens is 1030 g/mol.